The highest BCUT2D eigenvalue weighted by Crippen LogP contribution is 2.31. The number of amides is 1. The van der Waals surface area contributed by atoms with E-state index in [0.29, 0.717) is 19.1 Å². The second-order valence-electron chi connectivity index (χ2n) is 7.62. The van der Waals surface area contributed by atoms with Crippen LogP contribution in [0, 0.1) is 11.7 Å². The van der Waals surface area contributed by atoms with E-state index in [1.54, 1.807) is 6.92 Å². The number of piperidine rings is 1. The molecule has 1 amide bonds. The molecule has 1 unspecified atom stereocenters. The summed E-state index contributed by atoms with van der Waals surface area (Å²) in [6, 6.07) is 1.95. The van der Waals surface area contributed by atoms with Gasteiger partial charge < -0.3 is 4.74 Å². The lowest BCUT2D eigenvalue weighted by Gasteiger charge is -2.31. The predicted octanol–water partition coefficient (Wildman–Crippen LogP) is 3.90. The van der Waals surface area contributed by atoms with Crippen LogP contribution in [0.5, 0.6) is 5.75 Å². The van der Waals surface area contributed by atoms with Crippen molar-refractivity contribution in [2.45, 2.75) is 57.9 Å². The van der Waals surface area contributed by atoms with Gasteiger partial charge in [0, 0.05) is 18.7 Å². The molecule has 1 heterocycles. The Morgan fingerprint density at radius 3 is 2.61 bits per heavy atom. The Labute approximate surface area is 170 Å². The molecule has 1 atom stereocenters. The fourth-order valence-corrected chi connectivity index (χ4v) is 5.49. The quantitative estimate of drug-likeness (QED) is 0.739. The average Bonchev–Trinajstić information content (AvgIpc) is 3.15. The van der Waals surface area contributed by atoms with Gasteiger partial charge >= 0.3 is 10.2 Å². The van der Waals surface area contributed by atoms with Gasteiger partial charge in [0.15, 0.2) is 0 Å². The van der Waals surface area contributed by atoms with Gasteiger partial charge in [-0.25, -0.2) is 9.11 Å². The lowest BCUT2D eigenvalue weighted by molar-refractivity contribution is 0.0973. The zero-order valence-corrected chi connectivity index (χ0v) is 17.5. The summed E-state index contributed by atoms with van der Waals surface area (Å²) in [4.78, 5) is 12.4. The Hall–Kier alpha value is -1.38. The summed E-state index contributed by atoms with van der Waals surface area (Å²) >= 11 is 6.14. The van der Waals surface area contributed by atoms with Gasteiger partial charge in [-0.15, -0.1) is 0 Å². The van der Waals surface area contributed by atoms with Gasteiger partial charge in [0.1, 0.15) is 11.6 Å². The lowest BCUT2D eigenvalue weighted by Crippen LogP contribution is -2.49. The molecular formula is C19H26ClFN2O4S. The summed E-state index contributed by atoms with van der Waals surface area (Å²) < 4.78 is 48.3. The maximum absolute atomic E-state index is 14.5. The highest BCUT2D eigenvalue weighted by Gasteiger charge is 2.32. The Kier molecular flexibility index (Phi) is 6.83. The van der Waals surface area contributed by atoms with Crippen molar-refractivity contribution in [1.82, 2.24) is 9.03 Å². The molecule has 1 aliphatic carbocycles. The Morgan fingerprint density at radius 2 is 1.93 bits per heavy atom. The van der Waals surface area contributed by atoms with Crippen LogP contribution in [0.1, 0.15) is 62.2 Å². The molecule has 0 radical (unpaired) electrons. The molecular weight excluding hydrogens is 407 g/mol. The third-order valence-electron chi connectivity index (χ3n) is 5.49. The van der Waals surface area contributed by atoms with E-state index in [-0.39, 0.29) is 16.8 Å². The topological polar surface area (TPSA) is 75.7 Å². The average molecular weight is 433 g/mol. The number of nitrogens with zero attached hydrogens (tertiary/aromatic N) is 1. The third kappa shape index (κ3) is 4.96. The minimum absolute atomic E-state index is 0.0771. The van der Waals surface area contributed by atoms with Gasteiger partial charge in [0.2, 0.25) is 0 Å². The molecule has 9 heteroatoms. The first-order chi connectivity index (χ1) is 13.3. The van der Waals surface area contributed by atoms with E-state index in [0.717, 1.165) is 44.2 Å². The standard InChI is InChI=1S/C19H26ClFN2O4S/c1-13-6-4-5-9-23(13)28(25,26)22-19(24)15-10-16(20)18(11-17(15)21)27-12-14-7-2-3-8-14/h10-11,13-14H,2-9,12H2,1H3,(H,22,24). The summed E-state index contributed by atoms with van der Waals surface area (Å²) in [5, 5.41) is 0.0771. The molecule has 1 aromatic carbocycles. The van der Waals surface area contributed by atoms with Gasteiger partial charge in [-0.2, -0.15) is 12.7 Å². The van der Waals surface area contributed by atoms with Crippen LogP contribution in [-0.2, 0) is 10.2 Å². The lowest BCUT2D eigenvalue weighted by atomic mass is 10.1. The minimum atomic E-state index is -4.05. The van der Waals surface area contributed by atoms with Crippen molar-refractivity contribution < 1.29 is 22.3 Å². The van der Waals surface area contributed by atoms with Crippen molar-refractivity contribution in [3.05, 3.63) is 28.5 Å². The monoisotopic (exact) mass is 432 g/mol. The number of halogens is 2. The molecule has 1 aliphatic heterocycles. The molecule has 3 rings (SSSR count). The fraction of sp³-hybridized carbons (Fsp3) is 0.632. The zero-order valence-electron chi connectivity index (χ0n) is 15.9. The van der Waals surface area contributed by atoms with Crippen molar-refractivity contribution >= 4 is 27.7 Å². The molecule has 0 aromatic heterocycles. The summed E-state index contributed by atoms with van der Waals surface area (Å²) in [6.07, 6.45) is 6.88. The first-order valence-electron chi connectivity index (χ1n) is 9.73. The van der Waals surface area contributed by atoms with Crippen molar-refractivity contribution in [2.75, 3.05) is 13.2 Å². The van der Waals surface area contributed by atoms with Crippen LogP contribution in [0.3, 0.4) is 0 Å². The molecule has 28 heavy (non-hydrogen) atoms. The van der Waals surface area contributed by atoms with Crippen LogP contribution in [0.4, 0.5) is 4.39 Å². The van der Waals surface area contributed by atoms with Crippen molar-refractivity contribution in [3.8, 4) is 5.75 Å². The highest BCUT2D eigenvalue weighted by molar-refractivity contribution is 7.87. The van der Waals surface area contributed by atoms with Crippen LogP contribution in [0.25, 0.3) is 0 Å². The summed E-state index contributed by atoms with van der Waals surface area (Å²) in [7, 11) is -4.05. The molecule has 156 valence electrons. The van der Waals surface area contributed by atoms with Crippen LogP contribution >= 0.6 is 11.6 Å². The fourth-order valence-electron chi connectivity index (χ4n) is 3.86. The molecule has 1 aromatic rings. The highest BCUT2D eigenvalue weighted by atomic mass is 35.5. The molecule has 6 nitrogen and oxygen atoms in total. The van der Waals surface area contributed by atoms with E-state index in [4.69, 9.17) is 16.3 Å². The van der Waals surface area contributed by atoms with Crippen LogP contribution < -0.4 is 9.46 Å². The first kappa shape index (κ1) is 21.3. The molecule has 2 fully saturated rings. The van der Waals surface area contributed by atoms with Crippen molar-refractivity contribution in [3.63, 3.8) is 0 Å². The summed E-state index contributed by atoms with van der Waals surface area (Å²) in [5.41, 5.74) is -0.425. The molecule has 2 aliphatic rings. The zero-order chi connectivity index (χ0) is 20.3. The number of ether oxygens (including phenoxy) is 1. The van der Waals surface area contributed by atoms with E-state index in [2.05, 4.69) is 0 Å². The normalized spacial score (nSPS) is 21.6. The Balaban J connectivity index is 1.70. The number of hydrogen-bond acceptors (Lipinski definition) is 4. The molecule has 1 N–H and O–H groups in total. The van der Waals surface area contributed by atoms with Gasteiger partial charge in [0.25, 0.3) is 5.91 Å². The number of carbonyl (C=O) groups is 1. The van der Waals surface area contributed by atoms with E-state index in [1.807, 2.05) is 4.72 Å². The Morgan fingerprint density at radius 1 is 1.25 bits per heavy atom. The second-order valence-corrected chi connectivity index (χ2v) is 9.65. The van der Waals surface area contributed by atoms with E-state index >= 15 is 0 Å². The molecule has 0 spiro atoms. The number of hydrogen-bond donors (Lipinski definition) is 1. The van der Waals surface area contributed by atoms with E-state index < -0.39 is 27.5 Å². The maximum atomic E-state index is 14.5. The maximum Gasteiger partial charge on any atom is 0.304 e. The molecule has 1 saturated heterocycles. The number of carbonyl (C=O) groups excluding carboxylic acids is 1. The predicted molar refractivity (Wildman–Crippen MR) is 105 cm³/mol. The van der Waals surface area contributed by atoms with Crippen LogP contribution in [-0.4, -0.2) is 37.8 Å². The number of rotatable bonds is 6. The van der Waals surface area contributed by atoms with Gasteiger partial charge in [-0.05, 0) is 44.6 Å². The SMILES string of the molecule is CC1CCCCN1S(=O)(=O)NC(=O)c1cc(Cl)c(OCC2CCCC2)cc1F. The molecule has 0 bridgehead atoms. The van der Waals surface area contributed by atoms with Crippen LogP contribution in [0.15, 0.2) is 12.1 Å². The molecule has 1 saturated carbocycles. The Bertz CT molecular complexity index is 827. The van der Waals surface area contributed by atoms with E-state index in [9.17, 15) is 17.6 Å². The van der Waals surface area contributed by atoms with Crippen LogP contribution in [0.2, 0.25) is 5.02 Å². The van der Waals surface area contributed by atoms with Gasteiger partial charge in [-0.1, -0.05) is 30.9 Å². The summed E-state index contributed by atoms with van der Waals surface area (Å²) in [5.74, 6) is -1.32. The van der Waals surface area contributed by atoms with E-state index in [1.165, 1.54) is 17.1 Å². The van der Waals surface area contributed by atoms with Crippen molar-refractivity contribution in [1.29, 1.82) is 0 Å². The largest absolute Gasteiger partial charge is 0.492 e. The number of nitrogens with one attached hydrogen (secondary N) is 1. The first-order valence-corrected chi connectivity index (χ1v) is 11.6. The van der Waals surface area contributed by atoms with Gasteiger partial charge in [-0.3, -0.25) is 4.79 Å². The minimum Gasteiger partial charge on any atom is -0.492 e. The third-order valence-corrected chi connectivity index (χ3v) is 7.39. The van der Waals surface area contributed by atoms with Crippen molar-refractivity contribution in [2.24, 2.45) is 5.92 Å². The summed E-state index contributed by atoms with van der Waals surface area (Å²) in [6.45, 7) is 2.57. The smallest absolute Gasteiger partial charge is 0.304 e. The second kappa shape index (κ2) is 8.97. The van der Waals surface area contributed by atoms with Gasteiger partial charge in [0.05, 0.1) is 17.2 Å². The number of benzene rings is 1.